The van der Waals surface area contributed by atoms with E-state index < -0.39 is 17.7 Å². The first kappa shape index (κ1) is 13.7. The second kappa shape index (κ2) is 5.80. The van der Waals surface area contributed by atoms with E-state index in [1.807, 2.05) is 0 Å². The molecule has 0 aliphatic carbocycles. The summed E-state index contributed by atoms with van der Waals surface area (Å²) in [7, 11) is 0. The molecule has 17 heavy (non-hydrogen) atoms. The van der Waals surface area contributed by atoms with Gasteiger partial charge in [0.2, 0.25) is 0 Å². The topological polar surface area (TPSA) is 66.8 Å². The number of ether oxygens (including phenoxy) is 1. The van der Waals surface area contributed by atoms with Crippen molar-refractivity contribution in [3.8, 4) is 0 Å². The average molecular weight is 238 g/mol. The third-order valence-corrected chi connectivity index (χ3v) is 2.74. The van der Waals surface area contributed by atoms with Crippen molar-refractivity contribution in [2.75, 3.05) is 6.61 Å². The van der Waals surface area contributed by atoms with Crippen molar-refractivity contribution in [1.82, 2.24) is 0 Å². The Morgan fingerprint density at radius 2 is 1.94 bits per heavy atom. The lowest BCUT2D eigenvalue weighted by Crippen LogP contribution is -2.45. The van der Waals surface area contributed by atoms with Crippen LogP contribution in [0.3, 0.4) is 0 Å². The minimum absolute atomic E-state index is 0.0852. The van der Waals surface area contributed by atoms with E-state index in [0.29, 0.717) is 5.56 Å². The molecular formula is C13H18O4. The maximum Gasteiger partial charge on any atom is 0.341 e. The van der Waals surface area contributed by atoms with Gasteiger partial charge in [0.1, 0.15) is 6.10 Å². The maximum absolute atomic E-state index is 11.7. The maximum atomic E-state index is 11.7. The number of benzene rings is 1. The standard InChI is InChI=1S/C13H18O4/c1-3-13(16,12(15)17-4-2)11(14)10-8-6-5-7-9-10/h5-9,11,14,16H,3-4H2,1-2H3/t11-,13-/m0/s1. The van der Waals surface area contributed by atoms with Crippen molar-refractivity contribution >= 4 is 5.97 Å². The predicted octanol–water partition coefficient (Wildman–Crippen LogP) is 1.42. The van der Waals surface area contributed by atoms with Gasteiger partial charge >= 0.3 is 5.97 Å². The minimum atomic E-state index is -1.89. The number of aliphatic hydroxyl groups excluding tert-OH is 1. The molecule has 0 heterocycles. The van der Waals surface area contributed by atoms with Crippen molar-refractivity contribution in [2.24, 2.45) is 0 Å². The molecule has 0 amide bonds. The zero-order valence-corrected chi connectivity index (χ0v) is 10.1. The fraction of sp³-hybridized carbons (Fsp3) is 0.462. The van der Waals surface area contributed by atoms with Gasteiger partial charge in [0.25, 0.3) is 0 Å². The highest BCUT2D eigenvalue weighted by Gasteiger charge is 2.43. The van der Waals surface area contributed by atoms with E-state index in [9.17, 15) is 15.0 Å². The van der Waals surface area contributed by atoms with Crippen molar-refractivity contribution in [2.45, 2.75) is 32.0 Å². The highest BCUT2D eigenvalue weighted by atomic mass is 16.6. The molecule has 2 atom stereocenters. The molecule has 4 heteroatoms. The minimum Gasteiger partial charge on any atom is -0.464 e. The van der Waals surface area contributed by atoms with Gasteiger partial charge in [-0.2, -0.15) is 0 Å². The molecule has 0 unspecified atom stereocenters. The number of esters is 1. The summed E-state index contributed by atoms with van der Waals surface area (Å²) in [5, 5.41) is 20.3. The predicted molar refractivity (Wildman–Crippen MR) is 63.3 cm³/mol. The van der Waals surface area contributed by atoms with E-state index in [1.165, 1.54) is 0 Å². The molecule has 2 N–H and O–H groups in total. The average Bonchev–Trinajstić information content (AvgIpc) is 2.38. The first-order valence-corrected chi connectivity index (χ1v) is 5.68. The fourth-order valence-corrected chi connectivity index (χ4v) is 1.62. The number of hydrogen-bond donors (Lipinski definition) is 2. The first-order valence-electron chi connectivity index (χ1n) is 5.68. The van der Waals surface area contributed by atoms with Gasteiger partial charge in [-0.1, -0.05) is 37.3 Å². The quantitative estimate of drug-likeness (QED) is 0.761. The number of carbonyl (C=O) groups excluding carboxylic acids is 1. The van der Waals surface area contributed by atoms with Crippen LogP contribution < -0.4 is 0 Å². The molecule has 0 bridgehead atoms. The van der Waals surface area contributed by atoms with Crippen LogP contribution >= 0.6 is 0 Å². The number of aliphatic hydroxyl groups is 2. The molecule has 94 valence electrons. The van der Waals surface area contributed by atoms with Crippen LogP contribution in [0.1, 0.15) is 31.9 Å². The molecule has 0 radical (unpaired) electrons. The number of rotatable bonds is 5. The van der Waals surface area contributed by atoms with Gasteiger partial charge in [0.05, 0.1) is 6.61 Å². The van der Waals surface area contributed by atoms with Crippen molar-refractivity contribution in [3.63, 3.8) is 0 Å². The fourth-order valence-electron chi connectivity index (χ4n) is 1.62. The van der Waals surface area contributed by atoms with E-state index >= 15 is 0 Å². The molecule has 0 aliphatic heterocycles. The summed E-state index contributed by atoms with van der Waals surface area (Å²) in [5.41, 5.74) is -1.40. The summed E-state index contributed by atoms with van der Waals surface area (Å²) in [6.45, 7) is 3.45. The van der Waals surface area contributed by atoms with Gasteiger partial charge in [-0.3, -0.25) is 0 Å². The Hall–Kier alpha value is -1.39. The third kappa shape index (κ3) is 2.84. The largest absolute Gasteiger partial charge is 0.464 e. The van der Waals surface area contributed by atoms with Crippen molar-refractivity contribution in [1.29, 1.82) is 0 Å². The van der Waals surface area contributed by atoms with Crippen LogP contribution in [-0.2, 0) is 9.53 Å². The molecule has 0 saturated carbocycles. The Bertz CT molecular complexity index is 363. The van der Waals surface area contributed by atoms with Gasteiger partial charge < -0.3 is 14.9 Å². The Morgan fingerprint density at radius 3 is 2.41 bits per heavy atom. The molecule has 0 spiro atoms. The lowest BCUT2D eigenvalue weighted by molar-refractivity contribution is -0.179. The Balaban J connectivity index is 2.97. The molecule has 1 rings (SSSR count). The third-order valence-electron chi connectivity index (χ3n) is 2.74. The summed E-state index contributed by atoms with van der Waals surface area (Å²) in [4.78, 5) is 11.7. The molecule has 0 aliphatic rings. The second-order valence-electron chi connectivity index (χ2n) is 3.81. The van der Waals surface area contributed by atoms with E-state index in [2.05, 4.69) is 0 Å². The zero-order valence-electron chi connectivity index (χ0n) is 10.1. The van der Waals surface area contributed by atoms with Crippen LogP contribution in [0.5, 0.6) is 0 Å². The van der Waals surface area contributed by atoms with Crippen molar-refractivity contribution < 1.29 is 19.7 Å². The molecule has 0 aromatic heterocycles. The van der Waals surface area contributed by atoms with Crippen LogP contribution in [0, 0.1) is 0 Å². The SMILES string of the molecule is CCOC(=O)[C@](O)(CC)[C@@H](O)c1ccccc1. The van der Waals surface area contributed by atoms with E-state index in [-0.39, 0.29) is 13.0 Å². The number of hydrogen-bond acceptors (Lipinski definition) is 4. The monoisotopic (exact) mass is 238 g/mol. The van der Waals surface area contributed by atoms with E-state index in [0.717, 1.165) is 0 Å². The van der Waals surface area contributed by atoms with Gasteiger partial charge in [0.15, 0.2) is 5.60 Å². The van der Waals surface area contributed by atoms with E-state index in [1.54, 1.807) is 44.2 Å². The van der Waals surface area contributed by atoms with Crippen LogP contribution in [0.2, 0.25) is 0 Å². The van der Waals surface area contributed by atoms with Gasteiger partial charge in [-0.15, -0.1) is 0 Å². The zero-order chi connectivity index (χ0) is 12.9. The Labute approximate surface area is 101 Å². The van der Waals surface area contributed by atoms with Gasteiger partial charge in [0, 0.05) is 0 Å². The lowest BCUT2D eigenvalue weighted by Gasteiger charge is -2.29. The normalized spacial score (nSPS) is 16.0. The highest BCUT2D eigenvalue weighted by Crippen LogP contribution is 2.29. The smallest absolute Gasteiger partial charge is 0.341 e. The summed E-state index contributed by atoms with van der Waals surface area (Å²) in [6.07, 6.45) is -1.20. The van der Waals surface area contributed by atoms with Crippen LogP contribution in [0.25, 0.3) is 0 Å². The molecule has 0 saturated heterocycles. The molecule has 4 nitrogen and oxygen atoms in total. The summed E-state index contributed by atoms with van der Waals surface area (Å²) in [5.74, 6) is -0.793. The summed E-state index contributed by atoms with van der Waals surface area (Å²) >= 11 is 0. The van der Waals surface area contributed by atoms with Gasteiger partial charge in [-0.25, -0.2) is 4.79 Å². The van der Waals surface area contributed by atoms with Crippen LogP contribution in [-0.4, -0.2) is 28.4 Å². The van der Waals surface area contributed by atoms with Crippen molar-refractivity contribution in [3.05, 3.63) is 35.9 Å². The summed E-state index contributed by atoms with van der Waals surface area (Å²) in [6, 6.07) is 8.58. The van der Waals surface area contributed by atoms with E-state index in [4.69, 9.17) is 4.74 Å². The van der Waals surface area contributed by atoms with Crippen LogP contribution in [0.15, 0.2) is 30.3 Å². The van der Waals surface area contributed by atoms with Crippen LogP contribution in [0.4, 0.5) is 0 Å². The Morgan fingerprint density at radius 1 is 1.35 bits per heavy atom. The first-order chi connectivity index (χ1) is 8.06. The Kier molecular flexibility index (Phi) is 4.66. The highest BCUT2D eigenvalue weighted by molar-refractivity contribution is 5.80. The lowest BCUT2D eigenvalue weighted by atomic mass is 9.89. The molecule has 1 aromatic carbocycles. The van der Waals surface area contributed by atoms with Gasteiger partial charge in [-0.05, 0) is 18.9 Å². The second-order valence-corrected chi connectivity index (χ2v) is 3.81. The molecule has 0 fully saturated rings. The molecular weight excluding hydrogens is 220 g/mol. The number of carbonyl (C=O) groups is 1. The summed E-state index contributed by atoms with van der Waals surface area (Å²) < 4.78 is 4.79. The molecule has 1 aromatic rings.